The van der Waals surface area contributed by atoms with Crippen LogP contribution < -0.4 is 29.4 Å². The molecule has 0 bridgehead atoms. The predicted molar refractivity (Wildman–Crippen MR) is 160 cm³/mol. The summed E-state index contributed by atoms with van der Waals surface area (Å²) in [6.45, 7) is 4.86. The van der Waals surface area contributed by atoms with Gasteiger partial charge in [0.2, 0.25) is 0 Å². The largest absolute Gasteiger partial charge is 0.491 e. The average molecular weight is 587 g/mol. The monoisotopic (exact) mass is 586 g/mol. The normalized spacial score (nSPS) is 23.2. The van der Waals surface area contributed by atoms with Gasteiger partial charge in [0.05, 0.1) is 26.4 Å². The Morgan fingerprint density at radius 3 is 1.33 bits per heavy atom. The van der Waals surface area contributed by atoms with Crippen LogP contribution in [0, 0.1) is 0 Å². The number of anilines is 2. The summed E-state index contributed by atoms with van der Waals surface area (Å²) in [7, 11) is 1.90. The molecule has 4 aliphatic rings. The van der Waals surface area contributed by atoms with Crippen LogP contribution in [0.1, 0.15) is 0 Å². The Labute approximate surface area is 249 Å². The molecule has 0 saturated carbocycles. The third-order valence-corrected chi connectivity index (χ3v) is 7.86. The summed E-state index contributed by atoms with van der Waals surface area (Å²) >= 11 is 0. The second-order valence-electron chi connectivity index (χ2n) is 11.2. The number of nitrogens with one attached hydrogen (secondary N) is 1. The lowest BCUT2D eigenvalue weighted by Gasteiger charge is -2.30. The average Bonchev–Trinajstić information content (AvgIpc) is 3.84. The van der Waals surface area contributed by atoms with Crippen molar-refractivity contribution in [3.05, 3.63) is 60.7 Å². The third kappa shape index (κ3) is 6.15. The number of hydrogen-bond acceptors (Lipinski definition) is 10. The molecule has 224 valence electrons. The highest BCUT2D eigenvalue weighted by molar-refractivity contribution is 6.05. The summed E-state index contributed by atoms with van der Waals surface area (Å²) in [6.07, 6.45) is 0.520. The van der Waals surface area contributed by atoms with E-state index in [-0.39, 0.29) is 24.4 Å². The molecule has 4 aromatic rings. The lowest BCUT2D eigenvalue weighted by Crippen LogP contribution is -2.31. The molecule has 0 aliphatic carbocycles. The van der Waals surface area contributed by atoms with Crippen molar-refractivity contribution in [2.45, 2.75) is 24.4 Å². The molecule has 10 nitrogen and oxygen atoms in total. The van der Waals surface area contributed by atoms with Crippen molar-refractivity contribution in [2.24, 2.45) is 0 Å². The van der Waals surface area contributed by atoms with Crippen LogP contribution in [0.3, 0.4) is 0 Å². The zero-order chi connectivity index (χ0) is 28.8. The fraction of sp³-hybridized carbons (Fsp3) is 0.394. The van der Waals surface area contributed by atoms with Gasteiger partial charge >= 0.3 is 0 Å². The van der Waals surface area contributed by atoms with Crippen molar-refractivity contribution in [3.63, 3.8) is 0 Å². The third-order valence-electron chi connectivity index (χ3n) is 7.86. The van der Waals surface area contributed by atoms with E-state index in [1.165, 1.54) is 0 Å². The molecule has 1 N–H and O–H groups in total. The van der Waals surface area contributed by atoms with Gasteiger partial charge in [0.1, 0.15) is 85.2 Å². The minimum atomic E-state index is 0.102. The van der Waals surface area contributed by atoms with Crippen LogP contribution >= 0.6 is 0 Å². The molecule has 4 aliphatic heterocycles. The highest BCUT2D eigenvalue weighted by Crippen LogP contribution is 2.47. The summed E-state index contributed by atoms with van der Waals surface area (Å²) in [5.74, 6) is 2.96. The second kappa shape index (κ2) is 11.4. The second-order valence-corrected chi connectivity index (χ2v) is 11.2. The molecule has 0 amide bonds. The van der Waals surface area contributed by atoms with Crippen molar-refractivity contribution in [1.82, 2.24) is 5.43 Å². The lowest BCUT2D eigenvalue weighted by atomic mass is 10.0. The molecule has 4 aromatic carbocycles. The Hall–Kier alpha value is -3.80. The van der Waals surface area contributed by atoms with E-state index < -0.39 is 0 Å². The summed E-state index contributed by atoms with van der Waals surface area (Å²) in [5, 5.41) is 6.05. The summed E-state index contributed by atoms with van der Waals surface area (Å²) in [5.41, 5.74) is 5.13. The minimum Gasteiger partial charge on any atom is -0.491 e. The molecular weight excluding hydrogens is 552 g/mol. The van der Waals surface area contributed by atoms with Gasteiger partial charge in [-0.2, -0.15) is 0 Å². The van der Waals surface area contributed by atoms with E-state index in [9.17, 15) is 0 Å². The topological polar surface area (TPSA) is 102 Å². The maximum Gasteiger partial charge on any atom is 0.145 e. The van der Waals surface area contributed by atoms with Gasteiger partial charge in [0.15, 0.2) is 0 Å². The van der Waals surface area contributed by atoms with E-state index >= 15 is 0 Å². The number of ether oxygens (including phenoxy) is 8. The van der Waals surface area contributed by atoms with Gasteiger partial charge < -0.3 is 37.9 Å². The fourth-order valence-electron chi connectivity index (χ4n) is 5.14. The van der Waals surface area contributed by atoms with E-state index in [1.54, 1.807) is 0 Å². The van der Waals surface area contributed by atoms with Crippen molar-refractivity contribution in [3.8, 4) is 23.0 Å². The number of benzene rings is 4. The van der Waals surface area contributed by atoms with Crippen molar-refractivity contribution in [1.29, 1.82) is 0 Å². The van der Waals surface area contributed by atoms with Gasteiger partial charge in [-0.05, 0) is 47.2 Å². The first-order valence-electron chi connectivity index (χ1n) is 14.8. The molecule has 10 heteroatoms. The molecule has 4 saturated heterocycles. The maximum absolute atomic E-state index is 6.41. The van der Waals surface area contributed by atoms with Gasteiger partial charge in [-0.25, -0.2) is 5.43 Å². The Bertz CT molecular complexity index is 1500. The van der Waals surface area contributed by atoms with Gasteiger partial charge in [0, 0.05) is 17.8 Å². The molecule has 4 atom stereocenters. The quantitative estimate of drug-likeness (QED) is 0.160. The van der Waals surface area contributed by atoms with Crippen molar-refractivity contribution < 1.29 is 37.9 Å². The summed E-state index contributed by atoms with van der Waals surface area (Å²) in [4.78, 5) is 0. The number of fused-ring (bicyclic) bond motifs is 2. The van der Waals surface area contributed by atoms with Crippen molar-refractivity contribution in [2.75, 3.05) is 64.9 Å². The SMILES string of the molecule is CNN(c1c(OCC2CO2)ccc2ccc(OCC3CO3)cc12)c1c(OCC2CO2)ccc2ccc(OCC3CO3)cc12. The zero-order valence-corrected chi connectivity index (χ0v) is 24.0. The highest BCUT2D eigenvalue weighted by atomic mass is 16.6. The van der Waals surface area contributed by atoms with Crippen LogP contribution in [0.15, 0.2) is 60.7 Å². The summed E-state index contributed by atoms with van der Waals surface area (Å²) in [6, 6.07) is 20.4. The maximum atomic E-state index is 6.41. The van der Waals surface area contributed by atoms with E-state index in [4.69, 9.17) is 37.9 Å². The number of rotatable bonds is 15. The van der Waals surface area contributed by atoms with Gasteiger partial charge in [-0.1, -0.05) is 24.3 Å². The zero-order valence-electron chi connectivity index (χ0n) is 24.0. The molecule has 4 unspecified atom stereocenters. The van der Waals surface area contributed by atoms with Crippen LogP contribution in [0.5, 0.6) is 23.0 Å². The number of epoxide rings is 4. The Morgan fingerprint density at radius 1 is 0.581 bits per heavy atom. The number of hydrazine groups is 1. The number of hydrogen-bond donors (Lipinski definition) is 1. The first-order valence-corrected chi connectivity index (χ1v) is 14.8. The molecule has 0 aromatic heterocycles. The van der Waals surface area contributed by atoms with E-state index in [1.807, 2.05) is 36.3 Å². The highest BCUT2D eigenvalue weighted by Gasteiger charge is 2.29. The molecular formula is C33H34N2O8. The van der Waals surface area contributed by atoms with Crippen LogP contribution in [0.25, 0.3) is 21.5 Å². The Morgan fingerprint density at radius 2 is 0.953 bits per heavy atom. The molecule has 4 heterocycles. The smallest absolute Gasteiger partial charge is 0.145 e. The molecule has 43 heavy (non-hydrogen) atoms. The lowest BCUT2D eigenvalue weighted by molar-refractivity contribution is 0.261. The van der Waals surface area contributed by atoms with Crippen LogP contribution in [0.2, 0.25) is 0 Å². The molecule has 4 fully saturated rings. The predicted octanol–water partition coefficient (Wildman–Crippen LogP) is 4.38. The molecule has 0 spiro atoms. The molecule has 8 rings (SSSR count). The van der Waals surface area contributed by atoms with Gasteiger partial charge in [0.25, 0.3) is 0 Å². The van der Waals surface area contributed by atoms with E-state index in [0.29, 0.717) is 51.1 Å². The first-order chi connectivity index (χ1) is 21.2. The van der Waals surface area contributed by atoms with Gasteiger partial charge in [-0.15, -0.1) is 0 Å². The Kier molecular flexibility index (Phi) is 7.08. The fourth-order valence-corrected chi connectivity index (χ4v) is 5.14. The first kappa shape index (κ1) is 26.8. The number of nitrogens with zero attached hydrogens (tertiary/aromatic N) is 1. The van der Waals surface area contributed by atoms with Crippen LogP contribution in [-0.4, -0.2) is 84.3 Å². The Balaban J connectivity index is 1.26. The molecule has 0 radical (unpaired) electrons. The standard InChI is InChI=1S/C33H34N2O8/c1-34-35(32-28-10-22(36-12-24-14-38-24)6-2-20(28)4-8-30(32)42-18-26-16-40-26)33-29-11-23(37-13-25-15-39-25)7-3-21(29)5-9-31(33)43-19-27-17-41-27/h2-11,24-27,34H,12-19H2,1H3. The van der Waals surface area contributed by atoms with Gasteiger partial charge in [-0.3, -0.25) is 5.01 Å². The van der Waals surface area contributed by atoms with Crippen molar-refractivity contribution >= 4 is 32.9 Å². The summed E-state index contributed by atoms with van der Waals surface area (Å²) < 4.78 is 46.7. The van der Waals surface area contributed by atoms with E-state index in [0.717, 1.165) is 57.6 Å². The van der Waals surface area contributed by atoms with Crippen LogP contribution in [0.4, 0.5) is 11.4 Å². The minimum absolute atomic E-state index is 0.102. The van der Waals surface area contributed by atoms with E-state index in [2.05, 4.69) is 41.8 Å². The van der Waals surface area contributed by atoms with Crippen LogP contribution in [-0.2, 0) is 18.9 Å².